The van der Waals surface area contributed by atoms with Crippen molar-refractivity contribution in [3.8, 4) is 11.1 Å². The van der Waals surface area contributed by atoms with Gasteiger partial charge >= 0.3 is 12.1 Å². The third-order valence-corrected chi connectivity index (χ3v) is 6.41. The van der Waals surface area contributed by atoms with Gasteiger partial charge in [0.05, 0.1) is 12.3 Å². The van der Waals surface area contributed by atoms with E-state index >= 15 is 0 Å². The highest BCUT2D eigenvalue weighted by Crippen LogP contribution is 2.44. The summed E-state index contributed by atoms with van der Waals surface area (Å²) in [4.78, 5) is 37.2. The summed E-state index contributed by atoms with van der Waals surface area (Å²) in [5, 5.41) is 11.5. The summed E-state index contributed by atoms with van der Waals surface area (Å²) in [6.07, 6.45) is -0.644. The molecular formula is C28H28N2O5. The second kappa shape index (κ2) is 10.4. The second-order valence-electron chi connectivity index (χ2n) is 8.70. The minimum atomic E-state index is -0.944. The van der Waals surface area contributed by atoms with Crippen molar-refractivity contribution in [1.29, 1.82) is 0 Å². The van der Waals surface area contributed by atoms with Gasteiger partial charge < -0.3 is 14.7 Å². The van der Waals surface area contributed by atoms with Crippen molar-refractivity contribution in [2.75, 3.05) is 25.5 Å². The number of carboxylic acid groups (broad SMARTS) is 1. The maximum Gasteiger partial charge on any atom is 0.411 e. The summed E-state index contributed by atoms with van der Waals surface area (Å²) in [6.45, 7) is 2.15. The van der Waals surface area contributed by atoms with E-state index in [2.05, 4.69) is 29.6 Å². The third-order valence-electron chi connectivity index (χ3n) is 6.41. The number of ether oxygens (including phenoxy) is 1. The van der Waals surface area contributed by atoms with Gasteiger partial charge in [0.2, 0.25) is 5.91 Å². The van der Waals surface area contributed by atoms with Crippen LogP contribution in [0.5, 0.6) is 0 Å². The summed E-state index contributed by atoms with van der Waals surface area (Å²) in [5.41, 5.74) is 5.98. The molecule has 0 spiro atoms. The Labute approximate surface area is 204 Å². The molecule has 0 fully saturated rings. The molecule has 3 aromatic rings. The minimum absolute atomic E-state index is 0.0134. The Morgan fingerprint density at radius 1 is 0.943 bits per heavy atom. The average molecular weight is 473 g/mol. The Balaban J connectivity index is 1.34. The largest absolute Gasteiger partial charge is 0.481 e. The van der Waals surface area contributed by atoms with Crippen LogP contribution < -0.4 is 5.32 Å². The van der Waals surface area contributed by atoms with Crippen molar-refractivity contribution in [3.05, 3.63) is 89.5 Å². The normalized spacial score (nSPS) is 12.9. The molecule has 0 aromatic heterocycles. The molecule has 0 heterocycles. The molecule has 0 bridgehead atoms. The van der Waals surface area contributed by atoms with Crippen molar-refractivity contribution in [2.24, 2.45) is 0 Å². The fraction of sp³-hybridized carbons (Fsp3) is 0.250. The number of hydrogen-bond donors (Lipinski definition) is 2. The highest BCUT2D eigenvalue weighted by Gasteiger charge is 2.29. The lowest BCUT2D eigenvalue weighted by molar-refractivity contribution is -0.138. The first kappa shape index (κ1) is 24.0. The van der Waals surface area contributed by atoms with Gasteiger partial charge in [-0.15, -0.1) is 0 Å². The monoisotopic (exact) mass is 472 g/mol. The van der Waals surface area contributed by atoms with E-state index in [1.165, 1.54) is 16.0 Å². The Morgan fingerprint density at radius 3 is 2.09 bits per heavy atom. The molecule has 1 atom stereocenters. The van der Waals surface area contributed by atoms with Crippen LogP contribution in [0.15, 0.2) is 72.8 Å². The summed E-state index contributed by atoms with van der Waals surface area (Å²) < 4.78 is 5.58. The zero-order valence-electron chi connectivity index (χ0n) is 19.7. The number of carbonyl (C=O) groups excluding carboxylic acids is 2. The van der Waals surface area contributed by atoms with Gasteiger partial charge in [0, 0.05) is 25.2 Å². The van der Waals surface area contributed by atoms with Crippen molar-refractivity contribution < 1.29 is 24.2 Å². The zero-order valence-corrected chi connectivity index (χ0v) is 19.7. The van der Waals surface area contributed by atoms with Gasteiger partial charge in [-0.25, -0.2) is 4.79 Å². The third kappa shape index (κ3) is 5.35. The number of carboxylic acids is 1. The van der Waals surface area contributed by atoms with Crippen LogP contribution in [0.2, 0.25) is 0 Å². The number of anilines is 1. The Morgan fingerprint density at radius 2 is 1.51 bits per heavy atom. The zero-order chi connectivity index (χ0) is 24.9. The lowest BCUT2D eigenvalue weighted by Crippen LogP contribution is -2.32. The Kier molecular flexibility index (Phi) is 7.15. The molecule has 1 unspecified atom stereocenters. The van der Waals surface area contributed by atoms with Crippen molar-refractivity contribution in [3.63, 3.8) is 0 Å². The minimum Gasteiger partial charge on any atom is -0.481 e. The maximum absolute atomic E-state index is 12.5. The van der Waals surface area contributed by atoms with Crippen LogP contribution in [-0.2, 0) is 14.3 Å². The number of nitrogens with one attached hydrogen (secondary N) is 1. The van der Waals surface area contributed by atoms with E-state index in [1.54, 1.807) is 38.2 Å². The van der Waals surface area contributed by atoms with E-state index in [4.69, 9.17) is 9.84 Å². The highest BCUT2D eigenvalue weighted by atomic mass is 16.5. The van der Waals surface area contributed by atoms with Gasteiger partial charge in [-0.05, 0) is 46.9 Å². The van der Waals surface area contributed by atoms with Gasteiger partial charge in [0.25, 0.3) is 0 Å². The van der Waals surface area contributed by atoms with Crippen LogP contribution in [0.4, 0.5) is 10.5 Å². The predicted molar refractivity (Wildman–Crippen MR) is 133 cm³/mol. The SMILES string of the molecule is CC(C(=O)N(C)CCC(=O)O)c1ccc(NC(=O)OCC2c3ccccc3-c3ccccc32)cc1. The number of amides is 2. The van der Waals surface area contributed by atoms with Gasteiger partial charge in [-0.3, -0.25) is 14.9 Å². The summed E-state index contributed by atoms with van der Waals surface area (Å²) in [7, 11) is 1.59. The number of nitrogens with zero attached hydrogens (tertiary/aromatic N) is 1. The number of rotatable bonds is 8. The fourth-order valence-electron chi connectivity index (χ4n) is 4.45. The summed E-state index contributed by atoms with van der Waals surface area (Å²) in [6, 6.07) is 23.3. The number of fused-ring (bicyclic) bond motifs is 3. The molecule has 7 nitrogen and oxygen atoms in total. The van der Waals surface area contributed by atoms with E-state index in [1.807, 2.05) is 24.3 Å². The predicted octanol–water partition coefficient (Wildman–Crippen LogP) is 5.08. The van der Waals surface area contributed by atoms with Gasteiger partial charge in [0.15, 0.2) is 0 Å². The smallest absolute Gasteiger partial charge is 0.411 e. The molecule has 1 aliphatic carbocycles. The van der Waals surface area contributed by atoms with Crippen LogP contribution >= 0.6 is 0 Å². The summed E-state index contributed by atoms with van der Waals surface area (Å²) >= 11 is 0. The maximum atomic E-state index is 12.5. The second-order valence-corrected chi connectivity index (χ2v) is 8.70. The molecule has 7 heteroatoms. The average Bonchev–Trinajstić information content (AvgIpc) is 3.19. The van der Waals surface area contributed by atoms with Crippen LogP contribution in [0.1, 0.15) is 41.9 Å². The van der Waals surface area contributed by atoms with Crippen LogP contribution in [0, 0.1) is 0 Å². The van der Waals surface area contributed by atoms with Gasteiger partial charge in [0.1, 0.15) is 6.61 Å². The van der Waals surface area contributed by atoms with Crippen LogP contribution in [0.3, 0.4) is 0 Å². The van der Waals surface area contributed by atoms with E-state index < -0.39 is 18.0 Å². The number of likely N-dealkylation sites (N-methyl/N-ethyl adjacent to an activating group) is 1. The summed E-state index contributed by atoms with van der Waals surface area (Å²) in [5.74, 6) is -1.55. The Hall–Kier alpha value is -4.13. The van der Waals surface area contributed by atoms with E-state index in [-0.39, 0.29) is 31.4 Å². The fourth-order valence-corrected chi connectivity index (χ4v) is 4.45. The molecule has 0 saturated heterocycles. The molecule has 1 aliphatic rings. The highest BCUT2D eigenvalue weighted by molar-refractivity contribution is 5.86. The standard InChI is InChI=1S/C28H28N2O5/c1-18(27(33)30(2)16-15-26(31)32)19-11-13-20(14-12-19)29-28(34)35-17-25-23-9-5-3-7-21(23)22-8-4-6-10-24(22)25/h3-14,18,25H,15-17H2,1-2H3,(H,29,34)(H,31,32). The molecule has 3 aromatic carbocycles. The number of hydrogen-bond acceptors (Lipinski definition) is 4. The molecule has 180 valence electrons. The van der Waals surface area contributed by atoms with Gasteiger partial charge in [-0.2, -0.15) is 0 Å². The first-order valence-corrected chi connectivity index (χ1v) is 11.5. The molecule has 0 saturated carbocycles. The van der Waals surface area contributed by atoms with E-state index in [9.17, 15) is 14.4 Å². The van der Waals surface area contributed by atoms with Crippen LogP contribution in [-0.4, -0.2) is 48.2 Å². The number of aliphatic carboxylic acids is 1. The first-order valence-electron chi connectivity index (χ1n) is 11.5. The van der Waals surface area contributed by atoms with Crippen LogP contribution in [0.25, 0.3) is 11.1 Å². The lowest BCUT2D eigenvalue weighted by atomic mass is 9.98. The molecule has 0 aliphatic heterocycles. The van der Waals surface area contributed by atoms with Crippen molar-refractivity contribution in [2.45, 2.75) is 25.2 Å². The number of benzene rings is 3. The van der Waals surface area contributed by atoms with Crippen molar-refractivity contribution in [1.82, 2.24) is 4.90 Å². The topological polar surface area (TPSA) is 95.9 Å². The molecule has 0 radical (unpaired) electrons. The van der Waals surface area contributed by atoms with E-state index in [0.29, 0.717) is 5.69 Å². The van der Waals surface area contributed by atoms with E-state index in [0.717, 1.165) is 16.7 Å². The molecule has 35 heavy (non-hydrogen) atoms. The van der Waals surface area contributed by atoms with Crippen molar-refractivity contribution >= 4 is 23.7 Å². The molecule has 4 rings (SSSR count). The molecular weight excluding hydrogens is 444 g/mol. The Bertz CT molecular complexity index is 1190. The number of carbonyl (C=O) groups is 3. The quantitative estimate of drug-likeness (QED) is 0.476. The molecule has 2 N–H and O–H groups in total. The molecule has 2 amide bonds. The van der Waals surface area contributed by atoms with Gasteiger partial charge in [-0.1, -0.05) is 60.7 Å². The first-order chi connectivity index (χ1) is 16.8. The lowest BCUT2D eigenvalue weighted by Gasteiger charge is -2.21.